The summed E-state index contributed by atoms with van der Waals surface area (Å²) in [6.45, 7) is 2.68. The molecule has 150 valence electrons. The molecule has 1 aliphatic heterocycles. The van der Waals surface area contributed by atoms with E-state index < -0.39 is 0 Å². The van der Waals surface area contributed by atoms with Crippen molar-refractivity contribution in [3.8, 4) is 0 Å². The Morgan fingerprint density at radius 1 is 1.21 bits per heavy atom. The second kappa shape index (κ2) is 7.02. The standard InChI is InChI=1S/C21H25N7O/c1-13-11-28(14-6-3-4-7-14)19-17(27(2)20(13)29)10-22-21(26-19)25-16-9-5-8-15-18(16)24-12-23-15/h5,8-10,12-14H,3-4,6-7,11H2,1-2H3,(H,23,24)(H,22,25,26). The third-order valence-electron chi connectivity index (χ3n) is 6.07. The fourth-order valence-electron chi connectivity index (χ4n) is 4.51. The van der Waals surface area contributed by atoms with Gasteiger partial charge in [-0.15, -0.1) is 0 Å². The van der Waals surface area contributed by atoms with Crippen molar-refractivity contribution in [3.63, 3.8) is 0 Å². The molecule has 0 bridgehead atoms. The number of aromatic nitrogens is 4. The van der Waals surface area contributed by atoms with Gasteiger partial charge < -0.3 is 20.1 Å². The predicted molar refractivity (Wildman–Crippen MR) is 114 cm³/mol. The van der Waals surface area contributed by atoms with E-state index in [1.807, 2.05) is 32.2 Å². The highest BCUT2D eigenvalue weighted by Crippen LogP contribution is 2.37. The Bertz CT molecular complexity index is 1060. The highest BCUT2D eigenvalue weighted by atomic mass is 16.2. The van der Waals surface area contributed by atoms with Crippen LogP contribution in [-0.2, 0) is 4.79 Å². The second-order valence-corrected chi connectivity index (χ2v) is 8.02. The molecule has 2 N–H and O–H groups in total. The Balaban J connectivity index is 1.56. The van der Waals surface area contributed by atoms with Crippen LogP contribution in [0.5, 0.6) is 0 Å². The van der Waals surface area contributed by atoms with Gasteiger partial charge in [0.1, 0.15) is 11.2 Å². The van der Waals surface area contributed by atoms with Gasteiger partial charge in [-0.25, -0.2) is 9.97 Å². The van der Waals surface area contributed by atoms with Crippen molar-refractivity contribution in [1.29, 1.82) is 0 Å². The van der Waals surface area contributed by atoms with Crippen LogP contribution in [-0.4, -0.2) is 45.5 Å². The molecule has 29 heavy (non-hydrogen) atoms. The van der Waals surface area contributed by atoms with Crippen molar-refractivity contribution in [2.45, 2.75) is 38.6 Å². The smallest absolute Gasteiger partial charge is 0.231 e. The molecule has 1 aromatic carbocycles. The summed E-state index contributed by atoms with van der Waals surface area (Å²) in [5.74, 6) is 1.38. The van der Waals surface area contributed by atoms with E-state index in [1.165, 1.54) is 12.8 Å². The minimum atomic E-state index is -0.0796. The van der Waals surface area contributed by atoms with E-state index in [1.54, 1.807) is 17.4 Å². The zero-order valence-corrected chi connectivity index (χ0v) is 16.7. The van der Waals surface area contributed by atoms with E-state index in [4.69, 9.17) is 4.98 Å². The number of H-pyrrole nitrogens is 1. The first-order valence-electron chi connectivity index (χ1n) is 10.2. The highest BCUT2D eigenvalue weighted by molar-refractivity contribution is 5.99. The van der Waals surface area contributed by atoms with Gasteiger partial charge in [-0.2, -0.15) is 4.98 Å². The lowest BCUT2D eigenvalue weighted by molar-refractivity contribution is -0.121. The molecule has 0 saturated heterocycles. The van der Waals surface area contributed by atoms with Crippen molar-refractivity contribution in [2.24, 2.45) is 5.92 Å². The van der Waals surface area contributed by atoms with Gasteiger partial charge in [0, 0.05) is 19.6 Å². The lowest BCUT2D eigenvalue weighted by Gasteiger charge is -2.31. The molecule has 1 saturated carbocycles. The molecule has 8 heteroatoms. The van der Waals surface area contributed by atoms with Crippen LogP contribution in [0.1, 0.15) is 32.6 Å². The zero-order valence-electron chi connectivity index (χ0n) is 16.7. The number of anilines is 4. The number of nitrogens with zero attached hydrogens (tertiary/aromatic N) is 5. The fourth-order valence-corrected chi connectivity index (χ4v) is 4.51. The first kappa shape index (κ1) is 17.9. The summed E-state index contributed by atoms with van der Waals surface area (Å²) in [5, 5.41) is 3.32. The van der Waals surface area contributed by atoms with Crippen molar-refractivity contribution >= 4 is 40.1 Å². The summed E-state index contributed by atoms with van der Waals surface area (Å²) in [7, 11) is 1.82. The molecule has 0 spiro atoms. The Hall–Kier alpha value is -3.16. The number of fused-ring (bicyclic) bond motifs is 2. The maximum Gasteiger partial charge on any atom is 0.231 e. The van der Waals surface area contributed by atoms with Crippen molar-refractivity contribution in [3.05, 3.63) is 30.7 Å². The fraction of sp³-hybridized carbons (Fsp3) is 0.429. The van der Waals surface area contributed by atoms with Crippen molar-refractivity contribution in [1.82, 2.24) is 19.9 Å². The second-order valence-electron chi connectivity index (χ2n) is 8.02. The van der Waals surface area contributed by atoms with Crippen LogP contribution in [0.15, 0.2) is 30.7 Å². The molecule has 1 amide bonds. The average molecular weight is 391 g/mol. The molecule has 1 atom stereocenters. The monoisotopic (exact) mass is 391 g/mol. The highest BCUT2D eigenvalue weighted by Gasteiger charge is 2.35. The molecule has 2 aliphatic rings. The first-order chi connectivity index (χ1) is 14.1. The van der Waals surface area contributed by atoms with Crippen LogP contribution in [0.25, 0.3) is 11.0 Å². The average Bonchev–Trinajstić information content (AvgIpc) is 3.41. The SMILES string of the molecule is CC1CN(C2CCCC2)c2nc(Nc3cccc4[nH]cnc34)ncc2N(C)C1=O. The number of para-hydroxylation sites is 1. The van der Waals surface area contributed by atoms with Crippen molar-refractivity contribution < 1.29 is 4.79 Å². The van der Waals surface area contributed by atoms with Crippen LogP contribution in [0, 0.1) is 5.92 Å². The molecular weight excluding hydrogens is 366 g/mol. The van der Waals surface area contributed by atoms with Crippen LogP contribution in [0.2, 0.25) is 0 Å². The Labute approximate surface area is 169 Å². The zero-order chi connectivity index (χ0) is 20.0. The lowest BCUT2D eigenvalue weighted by atomic mass is 10.1. The van der Waals surface area contributed by atoms with Crippen LogP contribution in [0.4, 0.5) is 23.1 Å². The number of carbonyl (C=O) groups is 1. The van der Waals surface area contributed by atoms with Crippen LogP contribution < -0.4 is 15.1 Å². The quantitative estimate of drug-likeness (QED) is 0.711. The summed E-state index contributed by atoms with van der Waals surface area (Å²) in [6, 6.07) is 6.33. The van der Waals surface area contributed by atoms with Gasteiger partial charge in [-0.05, 0) is 25.0 Å². The number of benzene rings is 1. The molecule has 1 fully saturated rings. The maximum atomic E-state index is 12.8. The number of rotatable bonds is 3. The van der Waals surface area contributed by atoms with E-state index in [2.05, 4.69) is 25.2 Å². The summed E-state index contributed by atoms with van der Waals surface area (Å²) in [6.07, 6.45) is 8.18. The van der Waals surface area contributed by atoms with Gasteiger partial charge >= 0.3 is 0 Å². The van der Waals surface area contributed by atoms with Gasteiger partial charge in [0.05, 0.1) is 29.6 Å². The van der Waals surface area contributed by atoms with Crippen molar-refractivity contribution in [2.75, 3.05) is 28.7 Å². The largest absolute Gasteiger partial charge is 0.351 e. The normalized spacial score (nSPS) is 20.2. The van der Waals surface area contributed by atoms with Gasteiger partial charge in [-0.1, -0.05) is 25.8 Å². The summed E-state index contributed by atoms with van der Waals surface area (Å²) in [4.78, 5) is 33.7. The number of hydrogen-bond donors (Lipinski definition) is 2. The number of imidazole rings is 1. The third-order valence-corrected chi connectivity index (χ3v) is 6.07. The van der Waals surface area contributed by atoms with E-state index in [0.717, 1.165) is 41.1 Å². The molecule has 1 aliphatic carbocycles. The lowest BCUT2D eigenvalue weighted by Crippen LogP contribution is -2.38. The Kier molecular flexibility index (Phi) is 4.34. The van der Waals surface area contributed by atoms with E-state index >= 15 is 0 Å². The predicted octanol–water partition coefficient (Wildman–Crippen LogP) is 3.46. The summed E-state index contributed by atoms with van der Waals surface area (Å²) in [5.41, 5.74) is 3.42. The van der Waals surface area contributed by atoms with Gasteiger partial charge in [0.2, 0.25) is 11.9 Å². The number of aromatic amines is 1. The van der Waals surface area contributed by atoms with Crippen LogP contribution >= 0.6 is 0 Å². The molecule has 3 aromatic rings. The Morgan fingerprint density at radius 3 is 2.86 bits per heavy atom. The van der Waals surface area contributed by atoms with Gasteiger partial charge in [-0.3, -0.25) is 4.79 Å². The first-order valence-corrected chi connectivity index (χ1v) is 10.2. The molecular formula is C21H25N7O. The molecule has 1 unspecified atom stereocenters. The topological polar surface area (TPSA) is 90.0 Å². The van der Waals surface area contributed by atoms with Crippen LogP contribution in [0.3, 0.4) is 0 Å². The minimum Gasteiger partial charge on any atom is -0.351 e. The summed E-state index contributed by atoms with van der Waals surface area (Å²) >= 11 is 0. The number of carbonyl (C=O) groups excluding carboxylic acids is 1. The molecule has 5 rings (SSSR count). The van der Waals surface area contributed by atoms with Gasteiger partial charge in [0.15, 0.2) is 5.82 Å². The third kappa shape index (κ3) is 3.08. The molecule has 3 heterocycles. The Morgan fingerprint density at radius 2 is 2.03 bits per heavy atom. The molecule has 0 radical (unpaired) electrons. The number of hydrogen-bond acceptors (Lipinski definition) is 6. The van der Waals surface area contributed by atoms with E-state index in [0.29, 0.717) is 18.5 Å². The molecule has 2 aromatic heterocycles. The number of amides is 1. The maximum absolute atomic E-state index is 12.8. The minimum absolute atomic E-state index is 0.0796. The molecule has 8 nitrogen and oxygen atoms in total. The number of nitrogens with one attached hydrogen (secondary N) is 2. The van der Waals surface area contributed by atoms with E-state index in [9.17, 15) is 4.79 Å². The summed E-state index contributed by atoms with van der Waals surface area (Å²) < 4.78 is 0. The van der Waals surface area contributed by atoms with Gasteiger partial charge in [0.25, 0.3) is 0 Å². The van der Waals surface area contributed by atoms with E-state index in [-0.39, 0.29) is 11.8 Å².